The first kappa shape index (κ1) is 26.3. The van der Waals surface area contributed by atoms with Crippen LogP contribution in [0.2, 0.25) is 0 Å². The fourth-order valence-corrected chi connectivity index (χ4v) is 3.44. The Balaban J connectivity index is 0.00000141. The molecule has 3 heteroatoms. The fraction of sp³-hybridized carbons (Fsp3) is 0.630. The minimum Gasteiger partial charge on any atom is -0.367 e. The molecule has 0 saturated heterocycles. The van der Waals surface area contributed by atoms with Gasteiger partial charge in [0, 0.05) is 18.8 Å². The van der Waals surface area contributed by atoms with Gasteiger partial charge in [0.25, 0.3) is 0 Å². The largest absolute Gasteiger partial charge is 0.367 e. The van der Waals surface area contributed by atoms with E-state index in [-0.39, 0.29) is 0 Å². The lowest BCUT2D eigenvalue weighted by Gasteiger charge is -2.29. The van der Waals surface area contributed by atoms with Crippen LogP contribution in [-0.2, 0) is 4.84 Å². The average Bonchev–Trinajstić information content (AvgIpc) is 2.72. The summed E-state index contributed by atoms with van der Waals surface area (Å²) < 4.78 is 0. The molecule has 0 fully saturated rings. The molecule has 1 aromatic carbocycles. The highest BCUT2D eigenvalue weighted by Gasteiger charge is 2.17. The third-order valence-corrected chi connectivity index (χ3v) is 5.25. The number of benzene rings is 1. The Morgan fingerprint density at radius 3 is 2.17 bits per heavy atom. The summed E-state index contributed by atoms with van der Waals surface area (Å²) >= 11 is 0. The summed E-state index contributed by atoms with van der Waals surface area (Å²) in [6, 6.07) is 8.55. The summed E-state index contributed by atoms with van der Waals surface area (Å²) in [5.74, 6) is 0. The van der Waals surface area contributed by atoms with Crippen LogP contribution < -0.4 is 10.4 Å². The van der Waals surface area contributed by atoms with E-state index < -0.39 is 0 Å². The lowest BCUT2D eigenvalue weighted by molar-refractivity contribution is 0.271. The molecule has 1 aliphatic carbocycles. The number of nitrogens with zero attached hydrogens (tertiary/aromatic N) is 1. The van der Waals surface area contributed by atoms with Gasteiger partial charge in [-0.15, -0.1) is 0 Å². The molecule has 1 aromatic rings. The van der Waals surface area contributed by atoms with E-state index in [2.05, 4.69) is 87.5 Å². The molecule has 2 rings (SSSR count). The van der Waals surface area contributed by atoms with Crippen LogP contribution in [0.25, 0.3) is 0 Å². The van der Waals surface area contributed by atoms with Gasteiger partial charge < -0.3 is 4.90 Å². The van der Waals surface area contributed by atoms with Crippen LogP contribution in [0.15, 0.2) is 48.1 Å². The standard InChI is InChI=1S/C24H38N2O.C3H8/c1-5-6-7-8-9-10-19-26(20-21-15-17-24(2,3)18-16-21)23-13-11-22(12-14-23)25-27-4;1-3-2/h11-17,25H,5-10,18-20H2,1-4H3;3H2,1-2H3. The lowest BCUT2D eigenvalue weighted by atomic mass is 9.84. The van der Waals surface area contributed by atoms with E-state index in [1.54, 1.807) is 7.11 Å². The second kappa shape index (κ2) is 15.1. The molecule has 0 amide bonds. The predicted octanol–water partition coefficient (Wildman–Crippen LogP) is 8.16. The minimum atomic E-state index is 0.293. The molecule has 1 N–H and O–H groups in total. The Hall–Kier alpha value is -1.74. The van der Waals surface area contributed by atoms with Gasteiger partial charge in [-0.1, -0.05) is 91.4 Å². The second-order valence-electron chi connectivity index (χ2n) is 9.05. The van der Waals surface area contributed by atoms with Crippen molar-refractivity contribution in [2.24, 2.45) is 5.41 Å². The Morgan fingerprint density at radius 1 is 0.967 bits per heavy atom. The quantitative estimate of drug-likeness (QED) is 0.276. The molecule has 30 heavy (non-hydrogen) atoms. The molecule has 0 spiro atoms. The Bertz CT molecular complexity index is 616. The first-order valence-electron chi connectivity index (χ1n) is 12.0. The molecule has 1 aliphatic rings. The number of hydrogen-bond acceptors (Lipinski definition) is 3. The maximum atomic E-state index is 5.00. The van der Waals surface area contributed by atoms with Crippen LogP contribution in [0.1, 0.15) is 86.0 Å². The van der Waals surface area contributed by atoms with E-state index >= 15 is 0 Å². The van der Waals surface area contributed by atoms with E-state index in [9.17, 15) is 0 Å². The number of nitrogens with one attached hydrogen (secondary N) is 1. The van der Waals surface area contributed by atoms with Crippen LogP contribution >= 0.6 is 0 Å². The highest BCUT2D eigenvalue weighted by atomic mass is 16.6. The number of rotatable bonds is 12. The van der Waals surface area contributed by atoms with Crippen molar-refractivity contribution in [3.63, 3.8) is 0 Å². The van der Waals surface area contributed by atoms with Crippen LogP contribution in [0.3, 0.4) is 0 Å². The highest BCUT2D eigenvalue weighted by Crippen LogP contribution is 2.29. The Kier molecular flexibility index (Phi) is 13.3. The first-order chi connectivity index (χ1) is 14.5. The monoisotopic (exact) mass is 414 g/mol. The third kappa shape index (κ3) is 10.9. The zero-order valence-corrected chi connectivity index (χ0v) is 20.5. The zero-order chi connectivity index (χ0) is 22.2. The van der Waals surface area contributed by atoms with Gasteiger partial charge in [-0.2, -0.15) is 0 Å². The van der Waals surface area contributed by atoms with Crippen LogP contribution in [0.5, 0.6) is 0 Å². The van der Waals surface area contributed by atoms with Crippen molar-refractivity contribution in [1.29, 1.82) is 0 Å². The van der Waals surface area contributed by atoms with Gasteiger partial charge >= 0.3 is 0 Å². The van der Waals surface area contributed by atoms with Crippen molar-refractivity contribution in [2.75, 3.05) is 30.6 Å². The molecule has 170 valence electrons. The summed E-state index contributed by atoms with van der Waals surface area (Å²) in [5, 5.41) is 0. The zero-order valence-electron chi connectivity index (χ0n) is 20.5. The van der Waals surface area contributed by atoms with E-state index in [1.807, 2.05) is 0 Å². The van der Waals surface area contributed by atoms with E-state index in [0.29, 0.717) is 5.41 Å². The van der Waals surface area contributed by atoms with Crippen molar-refractivity contribution in [1.82, 2.24) is 0 Å². The molecule has 0 bridgehead atoms. The van der Waals surface area contributed by atoms with Crippen molar-refractivity contribution in [3.8, 4) is 0 Å². The van der Waals surface area contributed by atoms with Gasteiger partial charge in [-0.25, -0.2) is 0 Å². The normalized spacial score (nSPS) is 14.5. The summed E-state index contributed by atoms with van der Waals surface area (Å²) in [6.07, 6.45) is 17.4. The van der Waals surface area contributed by atoms with Gasteiger partial charge in [-0.05, 0) is 48.1 Å². The molecule has 0 saturated carbocycles. The maximum Gasteiger partial charge on any atom is 0.0636 e. The van der Waals surface area contributed by atoms with E-state index in [0.717, 1.165) is 25.2 Å². The lowest BCUT2D eigenvalue weighted by Crippen LogP contribution is -2.27. The summed E-state index contributed by atoms with van der Waals surface area (Å²) in [6.45, 7) is 13.2. The number of allylic oxidation sites excluding steroid dienone is 2. The maximum absolute atomic E-state index is 5.00. The second-order valence-corrected chi connectivity index (χ2v) is 9.05. The number of anilines is 2. The summed E-state index contributed by atoms with van der Waals surface area (Å²) in [7, 11) is 1.64. The molecule has 0 atom stereocenters. The molecule has 0 aromatic heterocycles. The topological polar surface area (TPSA) is 24.5 Å². The van der Waals surface area contributed by atoms with Crippen molar-refractivity contribution >= 4 is 11.4 Å². The Labute approximate surface area is 186 Å². The Morgan fingerprint density at radius 2 is 1.60 bits per heavy atom. The highest BCUT2D eigenvalue weighted by molar-refractivity contribution is 5.55. The van der Waals surface area contributed by atoms with Crippen LogP contribution in [0.4, 0.5) is 11.4 Å². The molecule has 0 aliphatic heterocycles. The molecule has 0 radical (unpaired) electrons. The van der Waals surface area contributed by atoms with Gasteiger partial charge in [0.15, 0.2) is 0 Å². The SMILES string of the molecule is CCC.CCCCCCCCN(CC1=CCC(C)(C)C=C1)c1ccc(NOC)cc1. The third-order valence-electron chi connectivity index (χ3n) is 5.25. The fourth-order valence-electron chi connectivity index (χ4n) is 3.44. The summed E-state index contributed by atoms with van der Waals surface area (Å²) in [5.41, 5.74) is 6.88. The molecule has 0 unspecified atom stereocenters. The van der Waals surface area contributed by atoms with Crippen LogP contribution in [-0.4, -0.2) is 20.2 Å². The molecular formula is C27H46N2O. The average molecular weight is 415 g/mol. The van der Waals surface area contributed by atoms with Crippen LogP contribution in [0, 0.1) is 5.41 Å². The van der Waals surface area contributed by atoms with Crippen molar-refractivity contribution < 1.29 is 4.84 Å². The van der Waals surface area contributed by atoms with Crippen molar-refractivity contribution in [2.45, 2.75) is 86.0 Å². The smallest absolute Gasteiger partial charge is 0.0636 e. The van der Waals surface area contributed by atoms with Gasteiger partial charge in [0.1, 0.15) is 0 Å². The van der Waals surface area contributed by atoms with Gasteiger partial charge in [-0.3, -0.25) is 10.3 Å². The first-order valence-corrected chi connectivity index (χ1v) is 12.0. The predicted molar refractivity (Wildman–Crippen MR) is 134 cm³/mol. The molecule has 3 nitrogen and oxygen atoms in total. The van der Waals surface area contributed by atoms with E-state index in [4.69, 9.17) is 4.84 Å². The minimum absolute atomic E-state index is 0.293. The van der Waals surface area contributed by atoms with E-state index in [1.165, 1.54) is 56.2 Å². The van der Waals surface area contributed by atoms with Gasteiger partial charge in [0.05, 0.1) is 12.8 Å². The van der Waals surface area contributed by atoms with Crippen molar-refractivity contribution in [3.05, 3.63) is 48.1 Å². The molecule has 0 heterocycles. The molecular weight excluding hydrogens is 368 g/mol. The number of unbranched alkanes of at least 4 members (excludes halogenated alkanes) is 5. The number of hydrogen-bond donors (Lipinski definition) is 1. The van der Waals surface area contributed by atoms with Gasteiger partial charge in [0.2, 0.25) is 0 Å². The summed E-state index contributed by atoms with van der Waals surface area (Å²) in [4.78, 5) is 7.52.